The maximum absolute atomic E-state index is 5.28. The van der Waals surface area contributed by atoms with E-state index in [9.17, 15) is 0 Å². The average molecular weight is 513 g/mol. The van der Waals surface area contributed by atoms with Crippen LogP contribution in [0.4, 0.5) is 5.82 Å². The van der Waals surface area contributed by atoms with Gasteiger partial charge in [0.05, 0.1) is 0 Å². The summed E-state index contributed by atoms with van der Waals surface area (Å²) in [6.07, 6.45) is 2.79. The Kier molecular flexibility index (Phi) is 9.12. The van der Waals surface area contributed by atoms with E-state index in [4.69, 9.17) is 4.52 Å². The zero-order chi connectivity index (χ0) is 19.9. The van der Waals surface area contributed by atoms with Crippen LogP contribution in [0.5, 0.6) is 0 Å². The average Bonchev–Trinajstić information content (AvgIpc) is 3.17. The molecule has 0 unspecified atom stereocenters. The second-order valence-electron chi connectivity index (χ2n) is 7.49. The van der Waals surface area contributed by atoms with Crippen molar-refractivity contribution in [3.05, 3.63) is 35.6 Å². The van der Waals surface area contributed by atoms with Crippen LogP contribution in [0, 0.1) is 6.92 Å². The topological polar surface area (TPSA) is 91.5 Å². The van der Waals surface area contributed by atoms with E-state index in [-0.39, 0.29) is 29.9 Å². The first-order valence-electron chi connectivity index (χ1n) is 10.0. The number of aromatic nitrogens is 3. The van der Waals surface area contributed by atoms with Crippen molar-refractivity contribution in [1.82, 2.24) is 25.8 Å². The lowest BCUT2D eigenvalue weighted by molar-refractivity contribution is 0.371. The van der Waals surface area contributed by atoms with Crippen LogP contribution in [0.25, 0.3) is 0 Å². The Morgan fingerprint density at radius 3 is 2.66 bits per heavy atom. The summed E-state index contributed by atoms with van der Waals surface area (Å²) in [6.45, 7) is 8.82. The van der Waals surface area contributed by atoms with Crippen molar-refractivity contribution in [2.75, 3.05) is 31.6 Å². The summed E-state index contributed by atoms with van der Waals surface area (Å²) in [5.74, 6) is 3.58. The number of hydrogen-bond acceptors (Lipinski definition) is 6. The Bertz CT molecular complexity index is 785. The monoisotopic (exact) mass is 513 g/mol. The molecule has 0 aromatic carbocycles. The molecule has 3 heterocycles. The van der Waals surface area contributed by atoms with Gasteiger partial charge in [0.15, 0.2) is 11.8 Å². The number of aryl methyl sites for hydroxylation is 1. The summed E-state index contributed by atoms with van der Waals surface area (Å²) in [5.41, 5.74) is 1.06. The molecule has 1 aliphatic rings. The van der Waals surface area contributed by atoms with E-state index in [1.165, 1.54) is 0 Å². The van der Waals surface area contributed by atoms with Crippen LogP contribution < -0.4 is 15.5 Å². The molecule has 160 valence electrons. The fourth-order valence-electron chi connectivity index (χ4n) is 3.24. The van der Waals surface area contributed by atoms with Crippen molar-refractivity contribution in [2.45, 2.75) is 52.0 Å². The number of aliphatic imine (C=N–C) groups is 1. The third-order valence-corrected chi connectivity index (χ3v) is 4.89. The summed E-state index contributed by atoms with van der Waals surface area (Å²) in [4.78, 5) is 15.7. The number of pyridine rings is 1. The standard InChI is InChI=1S/C20H31N7O.HI/c1-14(2)19-25-18(28-26-19)8-11-22-20(21-4)24-16-9-12-27(13-10-16)17-7-5-6-15(3)23-17;/h5-7,14,16H,8-13H2,1-4H3,(H2,21,22,24);1H. The summed E-state index contributed by atoms with van der Waals surface area (Å²) in [6, 6.07) is 6.60. The van der Waals surface area contributed by atoms with Crippen LogP contribution in [0.2, 0.25) is 0 Å². The Morgan fingerprint density at radius 2 is 2.03 bits per heavy atom. The number of anilines is 1. The lowest BCUT2D eigenvalue weighted by Crippen LogP contribution is -2.49. The number of piperidine rings is 1. The number of guanidine groups is 1. The number of rotatable bonds is 6. The van der Waals surface area contributed by atoms with Gasteiger partial charge in [-0.3, -0.25) is 4.99 Å². The van der Waals surface area contributed by atoms with Crippen molar-refractivity contribution in [3.63, 3.8) is 0 Å². The van der Waals surface area contributed by atoms with E-state index in [0.717, 1.165) is 49.2 Å². The van der Waals surface area contributed by atoms with Gasteiger partial charge in [-0.1, -0.05) is 25.1 Å². The number of nitrogens with zero attached hydrogens (tertiary/aromatic N) is 5. The molecule has 2 aromatic rings. The summed E-state index contributed by atoms with van der Waals surface area (Å²) < 4.78 is 5.28. The highest BCUT2D eigenvalue weighted by molar-refractivity contribution is 14.0. The van der Waals surface area contributed by atoms with Crippen LogP contribution in [0.3, 0.4) is 0 Å². The van der Waals surface area contributed by atoms with Gasteiger partial charge in [-0.25, -0.2) is 4.98 Å². The minimum Gasteiger partial charge on any atom is -0.356 e. The molecule has 0 saturated carbocycles. The molecule has 1 fully saturated rings. The maximum atomic E-state index is 5.28. The fraction of sp³-hybridized carbons (Fsp3) is 0.600. The van der Waals surface area contributed by atoms with Gasteiger partial charge in [-0.05, 0) is 31.9 Å². The van der Waals surface area contributed by atoms with E-state index in [2.05, 4.69) is 61.6 Å². The molecule has 1 saturated heterocycles. The smallest absolute Gasteiger partial charge is 0.228 e. The lowest BCUT2D eigenvalue weighted by Gasteiger charge is -2.34. The summed E-state index contributed by atoms with van der Waals surface area (Å²) in [5, 5.41) is 10.9. The van der Waals surface area contributed by atoms with Crippen LogP contribution in [0.15, 0.2) is 27.7 Å². The van der Waals surface area contributed by atoms with Gasteiger partial charge in [0, 0.05) is 50.8 Å². The first kappa shape index (κ1) is 23.4. The highest BCUT2D eigenvalue weighted by atomic mass is 127. The van der Waals surface area contributed by atoms with Crippen molar-refractivity contribution in [1.29, 1.82) is 0 Å². The van der Waals surface area contributed by atoms with E-state index in [1.54, 1.807) is 7.05 Å². The van der Waals surface area contributed by atoms with Crippen LogP contribution >= 0.6 is 24.0 Å². The Hall–Kier alpha value is -1.91. The van der Waals surface area contributed by atoms with Crippen LogP contribution in [0.1, 0.15) is 50.0 Å². The maximum Gasteiger partial charge on any atom is 0.228 e. The molecule has 0 amide bonds. The zero-order valence-corrected chi connectivity index (χ0v) is 20.0. The number of nitrogens with one attached hydrogen (secondary N) is 2. The van der Waals surface area contributed by atoms with Gasteiger partial charge in [-0.2, -0.15) is 4.98 Å². The van der Waals surface area contributed by atoms with E-state index >= 15 is 0 Å². The SMILES string of the molecule is CN=C(NCCc1nc(C(C)C)no1)NC1CCN(c2cccc(C)n2)CC1.I. The van der Waals surface area contributed by atoms with Crippen molar-refractivity contribution in [2.24, 2.45) is 4.99 Å². The predicted molar refractivity (Wildman–Crippen MR) is 126 cm³/mol. The van der Waals surface area contributed by atoms with E-state index in [1.807, 2.05) is 13.0 Å². The lowest BCUT2D eigenvalue weighted by atomic mass is 10.1. The van der Waals surface area contributed by atoms with Crippen molar-refractivity contribution >= 4 is 35.8 Å². The minimum atomic E-state index is 0. The molecular formula is C20H32IN7O. The number of hydrogen-bond donors (Lipinski definition) is 2. The van der Waals surface area contributed by atoms with Gasteiger partial charge < -0.3 is 20.1 Å². The van der Waals surface area contributed by atoms with Gasteiger partial charge in [-0.15, -0.1) is 24.0 Å². The summed E-state index contributed by atoms with van der Waals surface area (Å²) in [7, 11) is 1.80. The van der Waals surface area contributed by atoms with Gasteiger partial charge in [0.1, 0.15) is 5.82 Å². The zero-order valence-electron chi connectivity index (χ0n) is 17.7. The molecule has 9 heteroatoms. The molecule has 2 aromatic heterocycles. The second-order valence-corrected chi connectivity index (χ2v) is 7.49. The molecule has 0 bridgehead atoms. The van der Waals surface area contributed by atoms with Gasteiger partial charge in [0.2, 0.25) is 5.89 Å². The molecule has 8 nitrogen and oxygen atoms in total. The van der Waals surface area contributed by atoms with Crippen molar-refractivity contribution < 1.29 is 4.52 Å². The Balaban J connectivity index is 0.00000300. The number of halogens is 1. The molecule has 3 rings (SSSR count). The van der Waals surface area contributed by atoms with E-state index < -0.39 is 0 Å². The Morgan fingerprint density at radius 1 is 1.28 bits per heavy atom. The van der Waals surface area contributed by atoms with Crippen LogP contribution in [-0.4, -0.2) is 53.8 Å². The first-order chi connectivity index (χ1) is 13.5. The van der Waals surface area contributed by atoms with Crippen molar-refractivity contribution in [3.8, 4) is 0 Å². The second kappa shape index (κ2) is 11.3. The van der Waals surface area contributed by atoms with Crippen LogP contribution in [-0.2, 0) is 6.42 Å². The minimum absolute atomic E-state index is 0. The molecule has 0 atom stereocenters. The normalized spacial score (nSPS) is 15.3. The predicted octanol–water partition coefficient (Wildman–Crippen LogP) is 2.89. The summed E-state index contributed by atoms with van der Waals surface area (Å²) >= 11 is 0. The molecule has 29 heavy (non-hydrogen) atoms. The molecular weight excluding hydrogens is 481 g/mol. The third kappa shape index (κ3) is 6.83. The fourth-order valence-corrected chi connectivity index (χ4v) is 3.24. The molecule has 2 N–H and O–H groups in total. The molecule has 0 spiro atoms. The largest absolute Gasteiger partial charge is 0.356 e. The molecule has 0 radical (unpaired) electrons. The highest BCUT2D eigenvalue weighted by Gasteiger charge is 2.21. The third-order valence-electron chi connectivity index (χ3n) is 4.89. The van der Waals surface area contributed by atoms with E-state index in [0.29, 0.717) is 24.9 Å². The Labute approximate surface area is 190 Å². The van der Waals surface area contributed by atoms with Gasteiger partial charge in [0.25, 0.3) is 0 Å². The molecule has 1 aliphatic heterocycles. The highest BCUT2D eigenvalue weighted by Crippen LogP contribution is 2.18. The molecule has 0 aliphatic carbocycles. The quantitative estimate of drug-likeness (QED) is 0.349. The van der Waals surface area contributed by atoms with Gasteiger partial charge >= 0.3 is 0 Å². The first-order valence-corrected chi connectivity index (χ1v) is 10.0.